The summed E-state index contributed by atoms with van der Waals surface area (Å²) in [5.41, 5.74) is 1.82. The molecule has 4 aromatic rings. The third kappa shape index (κ3) is 4.51. The second-order valence-corrected chi connectivity index (χ2v) is 10.2. The molecule has 3 aromatic heterocycles. The Morgan fingerprint density at radius 3 is 2.89 bits per heavy atom. The lowest BCUT2D eigenvalue weighted by Gasteiger charge is -2.26. The number of rotatable bonds is 5. The molecule has 1 fully saturated rings. The molecule has 1 N–H and O–H groups in total. The predicted octanol–water partition coefficient (Wildman–Crippen LogP) is 4.10. The molecule has 0 saturated carbocycles. The Morgan fingerprint density at radius 1 is 1.29 bits per heavy atom. The lowest BCUT2D eigenvalue weighted by molar-refractivity contribution is 0.166. The molecule has 0 aliphatic carbocycles. The standard InChI is InChI=1S/C25H24ClFN4O3S/c1-14-22(27)19(26)11-18(23(14)34-15-4-3-7-28-12-15)17-5-8-29-20-10-16(35-24(17)20)13-31-21(32)6-9-30(2)25(31)33/h5-6,8-11,15,28H,3-4,7,12-13H2,1-2H3/t15-/m0/s1. The van der Waals surface area contributed by atoms with Gasteiger partial charge in [0, 0.05) is 53.6 Å². The fourth-order valence-electron chi connectivity index (χ4n) is 4.37. The Hall–Kier alpha value is -3.01. The molecule has 1 aromatic carbocycles. The number of pyridine rings is 1. The minimum atomic E-state index is -0.495. The van der Waals surface area contributed by atoms with Gasteiger partial charge in [-0.25, -0.2) is 9.18 Å². The molecule has 0 unspecified atom stereocenters. The van der Waals surface area contributed by atoms with E-state index in [0.29, 0.717) is 28.9 Å². The summed E-state index contributed by atoms with van der Waals surface area (Å²) in [6, 6.07) is 6.68. The fraction of sp³-hybridized carbons (Fsp3) is 0.320. The summed E-state index contributed by atoms with van der Waals surface area (Å²) in [4.78, 5) is 30.1. The average Bonchev–Trinajstić information content (AvgIpc) is 3.28. The second kappa shape index (κ2) is 9.56. The van der Waals surface area contributed by atoms with Gasteiger partial charge in [-0.1, -0.05) is 11.6 Å². The Morgan fingerprint density at radius 2 is 2.11 bits per heavy atom. The number of nitrogens with one attached hydrogen (secondary N) is 1. The van der Waals surface area contributed by atoms with E-state index in [1.807, 2.05) is 12.1 Å². The molecule has 0 bridgehead atoms. The summed E-state index contributed by atoms with van der Waals surface area (Å²) in [6.07, 6.45) is 4.93. The van der Waals surface area contributed by atoms with Crippen molar-refractivity contribution < 1.29 is 9.13 Å². The second-order valence-electron chi connectivity index (χ2n) is 8.68. The largest absolute Gasteiger partial charge is 0.488 e. The first-order valence-corrected chi connectivity index (χ1v) is 12.5. The van der Waals surface area contributed by atoms with Gasteiger partial charge in [0.2, 0.25) is 0 Å². The Bertz CT molecular complexity index is 1540. The van der Waals surface area contributed by atoms with Gasteiger partial charge < -0.3 is 14.6 Å². The van der Waals surface area contributed by atoms with Crippen LogP contribution in [0.2, 0.25) is 5.02 Å². The number of thiophene rings is 1. The van der Waals surface area contributed by atoms with Crippen LogP contribution in [-0.2, 0) is 13.6 Å². The molecule has 4 heterocycles. The third-order valence-electron chi connectivity index (χ3n) is 6.24. The summed E-state index contributed by atoms with van der Waals surface area (Å²) < 4.78 is 24.5. The van der Waals surface area contributed by atoms with E-state index in [-0.39, 0.29) is 28.9 Å². The molecule has 0 amide bonds. The molecule has 1 aliphatic heterocycles. The van der Waals surface area contributed by atoms with Crippen LogP contribution in [0.3, 0.4) is 0 Å². The summed E-state index contributed by atoms with van der Waals surface area (Å²) >= 11 is 7.70. The van der Waals surface area contributed by atoms with Crippen LogP contribution in [-0.4, -0.2) is 33.3 Å². The van der Waals surface area contributed by atoms with Gasteiger partial charge in [-0.05, 0) is 44.5 Å². The van der Waals surface area contributed by atoms with Crippen molar-refractivity contribution in [3.8, 4) is 16.9 Å². The Balaban J connectivity index is 1.61. The number of hydrogen-bond acceptors (Lipinski definition) is 6. The smallest absolute Gasteiger partial charge is 0.331 e. The lowest BCUT2D eigenvalue weighted by Crippen LogP contribution is -2.37. The van der Waals surface area contributed by atoms with Crippen molar-refractivity contribution in [1.82, 2.24) is 19.4 Å². The molecule has 5 rings (SSSR count). The number of hydrogen-bond donors (Lipinski definition) is 1. The Kier molecular flexibility index (Phi) is 6.48. The molecule has 35 heavy (non-hydrogen) atoms. The van der Waals surface area contributed by atoms with E-state index in [9.17, 15) is 14.0 Å². The van der Waals surface area contributed by atoms with E-state index in [2.05, 4.69) is 10.3 Å². The SMILES string of the molecule is Cc1c(F)c(Cl)cc(-c2ccnc3cc(Cn4c(=O)ccn(C)c4=O)sc23)c1O[C@H]1CCCNC1. The van der Waals surface area contributed by atoms with Gasteiger partial charge in [-0.3, -0.25) is 14.3 Å². The number of aryl methyl sites for hydroxylation is 1. The molecular weight excluding hydrogens is 491 g/mol. The summed E-state index contributed by atoms with van der Waals surface area (Å²) in [5, 5.41) is 3.34. The third-order valence-corrected chi connectivity index (χ3v) is 7.66. The molecule has 1 saturated heterocycles. The van der Waals surface area contributed by atoms with Crippen LogP contribution >= 0.6 is 22.9 Å². The number of benzene rings is 1. The van der Waals surface area contributed by atoms with Crippen molar-refractivity contribution in [1.29, 1.82) is 0 Å². The molecule has 0 spiro atoms. The van der Waals surface area contributed by atoms with Gasteiger partial charge in [0.25, 0.3) is 5.56 Å². The van der Waals surface area contributed by atoms with E-state index < -0.39 is 5.82 Å². The van der Waals surface area contributed by atoms with Crippen LogP contribution in [0.1, 0.15) is 23.3 Å². The van der Waals surface area contributed by atoms with Crippen LogP contribution in [0.15, 0.2) is 46.2 Å². The highest BCUT2D eigenvalue weighted by Crippen LogP contribution is 2.43. The van der Waals surface area contributed by atoms with Gasteiger partial charge in [0.15, 0.2) is 0 Å². The molecular formula is C25H24ClFN4O3S. The maximum Gasteiger partial charge on any atom is 0.331 e. The number of piperidine rings is 1. The number of aromatic nitrogens is 3. The number of fused-ring (bicyclic) bond motifs is 1. The van der Waals surface area contributed by atoms with E-state index in [4.69, 9.17) is 16.3 Å². The van der Waals surface area contributed by atoms with Gasteiger partial charge >= 0.3 is 5.69 Å². The van der Waals surface area contributed by atoms with Crippen LogP contribution in [0.25, 0.3) is 21.3 Å². The van der Waals surface area contributed by atoms with E-state index in [1.165, 1.54) is 32.7 Å². The van der Waals surface area contributed by atoms with Gasteiger partial charge in [-0.15, -0.1) is 11.3 Å². The average molecular weight is 515 g/mol. The van der Waals surface area contributed by atoms with Crippen molar-refractivity contribution in [3.05, 3.63) is 78.8 Å². The fourth-order valence-corrected chi connectivity index (χ4v) is 5.75. The summed E-state index contributed by atoms with van der Waals surface area (Å²) in [6.45, 7) is 3.44. The lowest BCUT2D eigenvalue weighted by atomic mass is 10.0. The first kappa shape index (κ1) is 23.7. The van der Waals surface area contributed by atoms with Crippen LogP contribution < -0.4 is 21.3 Å². The van der Waals surface area contributed by atoms with Crippen molar-refractivity contribution in [2.24, 2.45) is 7.05 Å². The van der Waals surface area contributed by atoms with Gasteiger partial charge in [-0.2, -0.15) is 0 Å². The number of ether oxygens (including phenoxy) is 1. The van der Waals surface area contributed by atoms with E-state index >= 15 is 0 Å². The van der Waals surface area contributed by atoms with Crippen LogP contribution in [0.5, 0.6) is 5.75 Å². The topological polar surface area (TPSA) is 78.2 Å². The van der Waals surface area contributed by atoms with Crippen molar-refractivity contribution >= 4 is 33.2 Å². The highest BCUT2D eigenvalue weighted by Gasteiger charge is 2.23. The minimum Gasteiger partial charge on any atom is -0.488 e. The quantitative estimate of drug-likeness (QED) is 0.434. The summed E-state index contributed by atoms with van der Waals surface area (Å²) in [7, 11) is 1.60. The predicted molar refractivity (Wildman–Crippen MR) is 136 cm³/mol. The Labute approximate surface area is 209 Å². The monoisotopic (exact) mass is 514 g/mol. The van der Waals surface area contributed by atoms with Crippen molar-refractivity contribution in [2.45, 2.75) is 32.4 Å². The summed E-state index contributed by atoms with van der Waals surface area (Å²) in [5.74, 6) is -0.0261. The molecule has 1 aliphatic rings. The normalized spacial score (nSPS) is 16.1. The van der Waals surface area contributed by atoms with Crippen LogP contribution in [0.4, 0.5) is 4.39 Å². The highest BCUT2D eigenvalue weighted by atomic mass is 35.5. The molecule has 182 valence electrons. The molecule has 10 heteroatoms. The first-order chi connectivity index (χ1) is 16.8. The zero-order chi connectivity index (χ0) is 24.7. The maximum atomic E-state index is 14.8. The van der Waals surface area contributed by atoms with Crippen molar-refractivity contribution in [3.63, 3.8) is 0 Å². The van der Waals surface area contributed by atoms with Gasteiger partial charge in [0.05, 0.1) is 21.8 Å². The number of halogens is 2. The highest BCUT2D eigenvalue weighted by molar-refractivity contribution is 7.19. The molecule has 0 radical (unpaired) electrons. The molecule has 7 nitrogen and oxygen atoms in total. The zero-order valence-corrected chi connectivity index (χ0v) is 20.9. The first-order valence-electron chi connectivity index (χ1n) is 11.3. The van der Waals surface area contributed by atoms with Crippen molar-refractivity contribution in [2.75, 3.05) is 13.1 Å². The van der Waals surface area contributed by atoms with Gasteiger partial charge in [0.1, 0.15) is 17.7 Å². The maximum absolute atomic E-state index is 14.8. The van der Waals surface area contributed by atoms with E-state index in [0.717, 1.165) is 34.5 Å². The zero-order valence-electron chi connectivity index (χ0n) is 19.3. The minimum absolute atomic E-state index is 0.0210. The van der Waals surface area contributed by atoms with E-state index in [1.54, 1.807) is 26.2 Å². The van der Waals surface area contributed by atoms with Crippen LogP contribution in [0, 0.1) is 12.7 Å². The number of nitrogens with zero attached hydrogens (tertiary/aromatic N) is 3. The molecule has 1 atom stereocenters.